The van der Waals surface area contributed by atoms with E-state index in [1.54, 1.807) is 6.07 Å². The Morgan fingerprint density at radius 1 is 1.58 bits per heavy atom. The SMILES string of the molecule is CN(C)S(=O)(=O)n1nccc1Br. The van der Waals surface area contributed by atoms with Gasteiger partial charge in [0.25, 0.3) is 0 Å². The molecule has 0 amide bonds. The second-order valence-corrected chi connectivity index (χ2v) is 5.07. The van der Waals surface area contributed by atoms with Crippen molar-refractivity contribution in [3.63, 3.8) is 0 Å². The van der Waals surface area contributed by atoms with Crippen LogP contribution in [0.4, 0.5) is 0 Å². The topological polar surface area (TPSA) is 55.2 Å². The number of hydrogen-bond acceptors (Lipinski definition) is 3. The fourth-order valence-electron chi connectivity index (χ4n) is 0.599. The van der Waals surface area contributed by atoms with Crippen LogP contribution in [0.5, 0.6) is 0 Å². The predicted octanol–water partition coefficient (Wildman–Crippen LogP) is 0.300. The number of halogens is 1. The predicted molar refractivity (Wildman–Crippen MR) is 47.9 cm³/mol. The summed E-state index contributed by atoms with van der Waals surface area (Å²) in [4.78, 5) is 0. The largest absolute Gasteiger partial charge is 0.323 e. The van der Waals surface area contributed by atoms with Crippen LogP contribution in [0.25, 0.3) is 0 Å². The van der Waals surface area contributed by atoms with Gasteiger partial charge in [0.1, 0.15) is 4.60 Å². The van der Waals surface area contributed by atoms with Crippen LogP contribution in [0.15, 0.2) is 16.9 Å². The van der Waals surface area contributed by atoms with Crippen molar-refractivity contribution in [2.45, 2.75) is 0 Å². The summed E-state index contributed by atoms with van der Waals surface area (Å²) in [6, 6.07) is 1.56. The van der Waals surface area contributed by atoms with Gasteiger partial charge in [-0.05, 0) is 22.0 Å². The van der Waals surface area contributed by atoms with Gasteiger partial charge in [-0.15, -0.1) is 4.09 Å². The molecule has 5 nitrogen and oxygen atoms in total. The molecule has 0 aliphatic rings. The van der Waals surface area contributed by atoms with E-state index in [2.05, 4.69) is 21.0 Å². The summed E-state index contributed by atoms with van der Waals surface area (Å²) in [5, 5.41) is 3.65. The van der Waals surface area contributed by atoms with Crippen LogP contribution in [-0.4, -0.2) is 36.0 Å². The van der Waals surface area contributed by atoms with Crippen molar-refractivity contribution in [1.82, 2.24) is 13.5 Å². The normalized spacial score (nSPS) is 12.3. The molecule has 0 fully saturated rings. The third-order valence-electron chi connectivity index (χ3n) is 1.25. The zero-order valence-corrected chi connectivity index (χ0v) is 9.00. The molecule has 0 aliphatic carbocycles. The molecule has 0 saturated carbocycles. The quantitative estimate of drug-likeness (QED) is 0.762. The summed E-state index contributed by atoms with van der Waals surface area (Å²) in [5.74, 6) is 0. The van der Waals surface area contributed by atoms with Crippen LogP contribution in [0.1, 0.15) is 0 Å². The van der Waals surface area contributed by atoms with E-state index in [1.165, 1.54) is 20.3 Å². The Labute approximate surface area is 79.3 Å². The minimum absolute atomic E-state index is 0.413. The highest BCUT2D eigenvalue weighted by Gasteiger charge is 2.18. The second kappa shape index (κ2) is 3.15. The van der Waals surface area contributed by atoms with E-state index in [-0.39, 0.29) is 0 Å². The van der Waals surface area contributed by atoms with Crippen molar-refractivity contribution in [2.24, 2.45) is 0 Å². The van der Waals surface area contributed by atoms with Gasteiger partial charge in [-0.2, -0.15) is 17.8 Å². The molecule has 0 bridgehead atoms. The van der Waals surface area contributed by atoms with E-state index in [1.807, 2.05) is 0 Å². The maximum Gasteiger partial charge on any atom is 0.323 e. The Morgan fingerprint density at radius 3 is 2.50 bits per heavy atom. The van der Waals surface area contributed by atoms with Crippen molar-refractivity contribution < 1.29 is 8.42 Å². The molecule has 0 atom stereocenters. The molecule has 0 unspecified atom stereocenters. The minimum atomic E-state index is -3.47. The Bertz CT molecular complexity index is 370. The molecule has 0 aromatic carbocycles. The third kappa shape index (κ3) is 1.52. The highest BCUT2D eigenvalue weighted by Crippen LogP contribution is 2.11. The maximum atomic E-state index is 11.4. The summed E-state index contributed by atoms with van der Waals surface area (Å²) in [6.07, 6.45) is 1.41. The van der Waals surface area contributed by atoms with Crippen LogP contribution in [0.3, 0.4) is 0 Å². The van der Waals surface area contributed by atoms with Gasteiger partial charge in [-0.3, -0.25) is 0 Å². The van der Waals surface area contributed by atoms with Crippen LogP contribution in [-0.2, 0) is 10.2 Å². The van der Waals surface area contributed by atoms with Gasteiger partial charge < -0.3 is 0 Å². The van der Waals surface area contributed by atoms with Crippen molar-refractivity contribution in [3.8, 4) is 0 Å². The lowest BCUT2D eigenvalue weighted by molar-refractivity contribution is 0.502. The lowest BCUT2D eigenvalue weighted by Crippen LogP contribution is -2.29. The molecular formula is C5H8BrN3O2S. The molecule has 1 rings (SSSR count). The first kappa shape index (κ1) is 9.69. The van der Waals surface area contributed by atoms with Crippen molar-refractivity contribution in [3.05, 3.63) is 16.9 Å². The molecule has 1 aromatic heterocycles. The van der Waals surface area contributed by atoms with E-state index in [4.69, 9.17) is 0 Å². The Morgan fingerprint density at radius 2 is 2.17 bits per heavy atom. The van der Waals surface area contributed by atoms with Gasteiger partial charge in [0.15, 0.2) is 0 Å². The van der Waals surface area contributed by atoms with Crippen LogP contribution in [0.2, 0.25) is 0 Å². The van der Waals surface area contributed by atoms with Gasteiger partial charge in [0.05, 0.1) is 6.20 Å². The monoisotopic (exact) mass is 253 g/mol. The van der Waals surface area contributed by atoms with E-state index in [0.29, 0.717) is 4.60 Å². The first-order chi connectivity index (χ1) is 5.46. The number of nitrogens with zero attached hydrogens (tertiary/aromatic N) is 3. The van der Waals surface area contributed by atoms with Crippen LogP contribution >= 0.6 is 15.9 Å². The zero-order valence-electron chi connectivity index (χ0n) is 6.60. The Hall–Kier alpha value is -0.400. The molecule has 7 heteroatoms. The minimum Gasteiger partial charge on any atom is -0.189 e. The fourth-order valence-corrected chi connectivity index (χ4v) is 2.12. The van der Waals surface area contributed by atoms with E-state index in [9.17, 15) is 8.42 Å². The third-order valence-corrected chi connectivity index (χ3v) is 3.73. The average molecular weight is 254 g/mol. The summed E-state index contributed by atoms with van der Waals surface area (Å²) >= 11 is 3.06. The van der Waals surface area contributed by atoms with Gasteiger partial charge in [0.2, 0.25) is 0 Å². The first-order valence-electron chi connectivity index (χ1n) is 3.09. The van der Waals surface area contributed by atoms with E-state index >= 15 is 0 Å². The van der Waals surface area contributed by atoms with Crippen LogP contribution < -0.4 is 0 Å². The van der Waals surface area contributed by atoms with Crippen molar-refractivity contribution >= 4 is 26.1 Å². The number of rotatable bonds is 2. The van der Waals surface area contributed by atoms with E-state index in [0.717, 1.165) is 8.39 Å². The second-order valence-electron chi connectivity index (χ2n) is 2.29. The summed E-state index contributed by atoms with van der Waals surface area (Å²) < 4.78 is 25.2. The molecular weight excluding hydrogens is 246 g/mol. The zero-order chi connectivity index (χ0) is 9.35. The average Bonchev–Trinajstić information content (AvgIpc) is 2.35. The smallest absolute Gasteiger partial charge is 0.189 e. The molecule has 0 spiro atoms. The molecule has 0 radical (unpaired) electrons. The molecule has 1 aromatic rings. The fraction of sp³-hybridized carbons (Fsp3) is 0.400. The molecule has 1 heterocycles. The summed E-state index contributed by atoms with van der Waals surface area (Å²) in [6.45, 7) is 0. The Balaban J connectivity index is 3.24. The molecule has 0 aliphatic heterocycles. The molecule has 0 N–H and O–H groups in total. The van der Waals surface area contributed by atoms with Crippen molar-refractivity contribution in [1.29, 1.82) is 0 Å². The lowest BCUT2D eigenvalue weighted by atomic mass is 10.8. The van der Waals surface area contributed by atoms with Gasteiger partial charge in [0, 0.05) is 14.1 Å². The lowest BCUT2D eigenvalue weighted by Gasteiger charge is -2.11. The standard InChI is InChI=1S/C5H8BrN3O2S/c1-8(2)12(10,11)9-5(6)3-4-7-9/h3-4H,1-2H3. The molecule has 12 heavy (non-hydrogen) atoms. The van der Waals surface area contributed by atoms with Gasteiger partial charge >= 0.3 is 10.2 Å². The highest BCUT2D eigenvalue weighted by molar-refractivity contribution is 9.10. The highest BCUT2D eigenvalue weighted by atomic mass is 79.9. The first-order valence-corrected chi connectivity index (χ1v) is 5.28. The van der Waals surface area contributed by atoms with Gasteiger partial charge in [-0.1, -0.05) is 0 Å². The number of aromatic nitrogens is 2. The summed E-state index contributed by atoms with van der Waals surface area (Å²) in [5.41, 5.74) is 0. The van der Waals surface area contributed by atoms with Crippen molar-refractivity contribution in [2.75, 3.05) is 14.1 Å². The maximum absolute atomic E-state index is 11.4. The molecule has 0 saturated heterocycles. The number of hydrogen-bond donors (Lipinski definition) is 0. The molecule has 68 valence electrons. The Kier molecular flexibility index (Phi) is 2.55. The van der Waals surface area contributed by atoms with Gasteiger partial charge in [-0.25, -0.2) is 0 Å². The van der Waals surface area contributed by atoms with E-state index < -0.39 is 10.2 Å². The summed E-state index contributed by atoms with van der Waals surface area (Å²) in [7, 11) is -0.576. The van der Waals surface area contributed by atoms with Crippen LogP contribution in [0, 0.1) is 0 Å².